The Morgan fingerprint density at radius 2 is 1.95 bits per heavy atom. The first-order chi connectivity index (χ1) is 9.83. The zero-order chi connectivity index (χ0) is 16.0. The molecule has 0 aliphatic rings. The van der Waals surface area contributed by atoms with Gasteiger partial charge in [-0.05, 0) is 25.5 Å². The van der Waals surface area contributed by atoms with Crippen molar-refractivity contribution in [3.05, 3.63) is 27.7 Å². The molecule has 0 spiro atoms. The third-order valence-corrected chi connectivity index (χ3v) is 5.77. The summed E-state index contributed by atoms with van der Waals surface area (Å²) in [6, 6.07) is 2.77. The van der Waals surface area contributed by atoms with Gasteiger partial charge in [-0.25, -0.2) is 13.1 Å². The van der Waals surface area contributed by atoms with Gasteiger partial charge in [0.05, 0.1) is 5.02 Å². The van der Waals surface area contributed by atoms with Crippen molar-refractivity contribution >= 4 is 33.2 Å². The monoisotopic (exact) mass is 352 g/mol. The second-order valence-electron chi connectivity index (χ2n) is 5.06. The van der Waals surface area contributed by atoms with E-state index >= 15 is 0 Å². The number of hydrogen-bond donors (Lipinski definition) is 2. The molecule has 1 rings (SSSR count). The molecule has 0 aromatic heterocycles. The predicted molar refractivity (Wildman–Crippen MR) is 88.3 cm³/mol. The van der Waals surface area contributed by atoms with E-state index in [1.54, 1.807) is 0 Å². The first-order valence-electron chi connectivity index (χ1n) is 7.02. The molecule has 1 aromatic rings. The van der Waals surface area contributed by atoms with Crippen molar-refractivity contribution in [1.82, 2.24) is 4.72 Å². The van der Waals surface area contributed by atoms with Gasteiger partial charge in [0.2, 0.25) is 10.0 Å². The Labute approximate surface area is 137 Å². The van der Waals surface area contributed by atoms with Gasteiger partial charge in [-0.2, -0.15) is 0 Å². The van der Waals surface area contributed by atoms with Gasteiger partial charge in [0.1, 0.15) is 4.90 Å². The molecule has 120 valence electrons. The maximum atomic E-state index is 12.4. The molecule has 1 unspecified atom stereocenters. The molecular weight excluding hydrogens is 331 g/mol. The van der Waals surface area contributed by atoms with Crippen LogP contribution in [-0.2, 0) is 16.6 Å². The Morgan fingerprint density at radius 1 is 1.29 bits per heavy atom. The number of hydrogen-bond acceptors (Lipinski definition) is 3. The van der Waals surface area contributed by atoms with Crippen LogP contribution < -0.4 is 10.5 Å². The predicted octanol–water partition coefficient (Wildman–Crippen LogP) is 3.70. The van der Waals surface area contributed by atoms with Crippen LogP contribution in [0.4, 0.5) is 0 Å². The molecule has 0 aliphatic carbocycles. The van der Waals surface area contributed by atoms with Crippen LogP contribution in [-0.4, -0.2) is 14.5 Å². The largest absolute Gasteiger partial charge is 0.326 e. The topological polar surface area (TPSA) is 72.2 Å². The Balaban J connectivity index is 2.93. The third kappa shape index (κ3) is 5.11. The molecule has 1 aromatic carbocycles. The van der Waals surface area contributed by atoms with Crippen LogP contribution in [0.15, 0.2) is 17.0 Å². The summed E-state index contributed by atoms with van der Waals surface area (Å²) < 4.78 is 27.4. The third-order valence-electron chi connectivity index (χ3n) is 3.24. The number of unbranched alkanes of at least 4 members (excludes halogenated alkanes) is 2. The summed E-state index contributed by atoms with van der Waals surface area (Å²) in [7, 11) is -3.67. The smallest absolute Gasteiger partial charge is 0.242 e. The molecule has 4 nitrogen and oxygen atoms in total. The number of benzene rings is 1. The fourth-order valence-electron chi connectivity index (χ4n) is 2.06. The van der Waals surface area contributed by atoms with Crippen LogP contribution in [0.2, 0.25) is 10.0 Å². The normalized spacial score (nSPS) is 13.4. The molecule has 0 aliphatic heterocycles. The van der Waals surface area contributed by atoms with E-state index in [2.05, 4.69) is 11.6 Å². The van der Waals surface area contributed by atoms with Crippen molar-refractivity contribution < 1.29 is 8.42 Å². The summed E-state index contributed by atoms with van der Waals surface area (Å²) in [5.74, 6) is 0. The van der Waals surface area contributed by atoms with E-state index in [0.29, 0.717) is 10.6 Å². The molecule has 0 fully saturated rings. The Hall–Kier alpha value is -0.330. The quantitative estimate of drug-likeness (QED) is 0.700. The van der Waals surface area contributed by atoms with Gasteiger partial charge in [-0.15, -0.1) is 0 Å². The van der Waals surface area contributed by atoms with Gasteiger partial charge in [-0.3, -0.25) is 0 Å². The second-order valence-corrected chi connectivity index (χ2v) is 7.53. The van der Waals surface area contributed by atoms with Gasteiger partial charge in [-0.1, -0.05) is 49.4 Å². The Bertz CT molecular complexity index is 577. The van der Waals surface area contributed by atoms with Crippen molar-refractivity contribution in [1.29, 1.82) is 0 Å². The van der Waals surface area contributed by atoms with Gasteiger partial charge in [0.15, 0.2) is 0 Å². The highest BCUT2D eigenvalue weighted by molar-refractivity contribution is 7.89. The van der Waals surface area contributed by atoms with Crippen molar-refractivity contribution in [3.63, 3.8) is 0 Å². The summed E-state index contributed by atoms with van der Waals surface area (Å²) in [6.45, 7) is 4.05. The molecular formula is C14H22Cl2N2O2S. The summed E-state index contributed by atoms with van der Waals surface area (Å²) in [4.78, 5) is 0.0244. The van der Waals surface area contributed by atoms with E-state index in [0.717, 1.165) is 25.7 Å². The maximum Gasteiger partial charge on any atom is 0.242 e. The highest BCUT2D eigenvalue weighted by Gasteiger charge is 2.22. The molecule has 0 saturated heterocycles. The fraction of sp³-hybridized carbons (Fsp3) is 0.571. The van der Waals surface area contributed by atoms with Gasteiger partial charge in [0, 0.05) is 23.2 Å². The van der Waals surface area contributed by atoms with Gasteiger partial charge in [0.25, 0.3) is 0 Å². The number of halogens is 2. The summed E-state index contributed by atoms with van der Waals surface area (Å²) in [6.07, 6.45) is 3.97. The lowest BCUT2D eigenvalue weighted by Gasteiger charge is -2.16. The zero-order valence-corrected chi connectivity index (χ0v) is 14.7. The van der Waals surface area contributed by atoms with Crippen molar-refractivity contribution in [3.8, 4) is 0 Å². The van der Waals surface area contributed by atoms with E-state index in [-0.39, 0.29) is 22.5 Å². The first kappa shape index (κ1) is 18.7. The first-order valence-corrected chi connectivity index (χ1v) is 9.26. The van der Waals surface area contributed by atoms with Crippen molar-refractivity contribution in [2.75, 3.05) is 0 Å². The van der Waals surface area contributed by atoms with E-state index in [1.165, 1.54) is 12.1 Å². The lowest BCUT2D eigenvalue weighted by molar-refractivity contribution is 0.527. The SMILES string of the molecule is CCCCCC(C)NS(=O)(=O)c1ccc(Cl)c(CN)c1Cl. The van der Waals surface area contributed by atoms with Crippen LogP contribution in [0.25, 0.3) is 0 Å². The number of sulfonamides is 1. The Morgan fingerprint density at radius 3 is 2.52 bits per heavy atom. The highest BCUT2D eigenvalue weighted by Crippen LogP contribution is 2.30. The van der Waals surface area contributed by atoms with E-state index < -0.39 is 10.0 Å². The van der Waals surface area contributed by atoms with Crippen LogP contribution in [0.1, 0.15) is 45.1 Å². The maximum absolute atomic E-state index is 12.4. The molecule has 0 saturated carbocycles. The zero-order valence-electron chi connectivity index (χ0n) is 12.3. The molecule has 0 heterocycles. The molecule has 0 amide bonds. The Kier molecular flexibility index (Phi) is 7.44. The van der Waals surface area contributed by atoms with Crippen LogP contribution in [0.3, 0.4) is 0 Å². The molecule has 0 radical (unpaired) electrons. The lowest BCUT2D eigenvalue weighted by Crippen LogP contribution is -2.32. The minimum absolute atomic E-state index is 0.0244. The van der Waals surface area contributed by atoms with Gasteiger partial charge < -0.3 is 5.73 Å². The number of nitrogens with one attached hydrogen (secondary N) is 1. The highest BCUT2D eigenvalue weighted by atomic mass is 35.5. The average Bonchev–Trinajstić information content (AvgIpc) is 2.38. The standard InChI is InChI=1S/C14H22Cl2N2O2S/c1-3-4-5-6-10(2)18-21(19,20)13-8-7-12(15)11(9-17)14(13)16/h7-8,10,18H,3-6,9,17H2,1-2H3. The van der Waals surface area contributed by atoms with Crippen LogP contribution in [0.5, 0.6) is 0 Å². The fourth-order valence-corrected chi connectivity index (χ4v) is 4.27. The van der Waals surface area contributed by atoms with Crippen LogP contribution in [0, 0.1) is 0 Å². The molecule has 3 N–H and O–H groups in total. The van der Waals surface area contributed by atoms with E-state index in [9.17, 15) is 8.42 Å². The lowest BCUT2D eigenvalue weighted by atomic mass is 10.1. The average molecular weight is 353 g/mol. The van der Waals surface area contributed by atoms with Crippen LogP contribution >= 0.6 is 23.2 Å². The van der Waals surface area contributed by atoms with Gasteiger partial charge >= 0.3 is 0 Å². The molecule has 0 bridgehead atoms. The summed E-state index contributed by atoms with van der Waals surface area (Å²) in [5.41, 5.74) is 6.01. The van der Waals surface area contributed by atoms with Crippen molar-refractivity contribution in [2.24, 2.45) is 5.73 Å². The summed E-state index contributed by atoms with van der Waals surface area (Å²) in [5, 5.41) is 0.468. The van der Waals surface area contributed by atoms with E-state index in [4.69, 9.17) is 28.9 Å². The molecule has 21 heavy (non-hydrogen) atoms. The molecule has 7 heteroatoms. The van der Waals surface area contributed by atoms with E-state index in [1.807, 2.05) is 6.92 Å². The molecule has 1 atom stereocenters. The second kappa shape index (κ2) is 8.34. The number of rotatable bonds is 8. The minimum Gasteiger partial charge on any atom is -0.326 e. The number of nitrogens with two attached hydrogens (primary N) is 1. The van der Waals surface area contributed by atoms with Crippen molar-refractivity contribution in [2.45, 2.75) is 57.0 Å². The minimum atomic E-state index is -3.67. The summed E-state index contributed by atoms with van der Waals surface area (Å²) >= 11 is 12.1.